The number of hydrogen-bond acceptors (Lipinski definition) is 4. The molecule has 0 saturated carbocycles. The lowest BCUT2D eigenvalue weighted by Gasteiger charge is -2.26. The molecule has 0 saturated heterocycles. The maximum atomic E-state index is 5.11. The van der Waals surface area contributed by atoms with Crippen molar-refractivity contribution < 1.29 is 0 Å². The van der Waals surface area contributed by atoms with Gasteiger partial charge in [-0.25, -0.2) is 4.98 Å². The lowest BCUT2D eigenvalue weighted by Crippen LogP contribution is -2.09. The first-order valence-electron chi connectivity index (χ1n) is 17.1. The third kappa shape index (κ3) is 5.46. The normalized spacial score (nSPS) is 11.5. The molecule has 0 atom stereocenters. The van der Waals surface area contributed by atoms with Crippen LogP contribution in [0, 0.1) is 0 Å². The predicted octanol–water partition coefficient (Wildman–Crippen LogP) is 14.3. The average Bonchev–Trinajstić information content (AvgIpc) is 3.78. The molecule has 0 spiro atoms. The van der Waals surface area contributed by atoms with Crippen molar-refractivity contribution in [1.29, 1.82) is 0 Å². The Labute approximate surface area is 304 Å². The topological polar surface area (TPSA) is 16.1 Å². The Bertz CT molecular complexity index is 2750. The second-order valence-electron chi connectivity index (χ2n) is 12.8. The second-order valence-corrected chi connectivity index (χ2v) is 15.0. The van der Waals surface area contributed by atoms with Gasteiger partial charge < -0.3 is 4.90 Å². The summed E-state index contributed by atoms with van der Waals surface area (Å²) in [5, 5.41) is 6.09. The molecule has 0 fully saturated rings. The second kappa shape index (κ2) is 12.4. The van der Waals surface area contributed by atoms with Crippen molar-refractivity contribution in [3.05, 3.63) is 182 Å². The van der Waals surface area contributed by atoms with E-state index in [-0.39, 0.29) is 0 Å². The van der Waals surface area contributed by atoms with Crippen LogP contribution in [0.15, 0.2) is 182 Å². The number of aromatic nitrogens is 1. The maximum absolute atomic E-state index is 5.11. The highest BCUT2D eigenvalue weighted by atomic mass is 32.1. The Hall–Kier alpha value is -6.07. The van der Waals surface area contributed by atoms with Crippen LogP contribution in [0.4, 0.5) is 17.1 Å². The van der Waals surface area contributed by atoms with Crippen molar-refractivity contribution in [3.8, 4) is 32.8 Å². The van der Waals surface area contributed by atoms with Gasteiger partial charge in [0.1, 0.15) is 5.01 Å². The van der Waals surface area contributed by atoms with Crippen LogP contribution in [-0.2, 0) is 0 Å². The molecule has 0 unspecified atom stereocenters. The largest absolute Gasteiger partial charge is 0.310 e. The number of benzene rings is 8. The molecule has 2 heterocycles. The Morgan fingerprint density at radius 2 is 0.902 bits per heavy atom. The minimum Gasteiger partial charge on any atom is -0.310 e. The molecule has 0 radical (unpaired) electrons. The zero-order valence-electron chi connectivity index (χ0n) is 27.5. The maximum Gasteiger partial charge on any atom is 0.124 e. The van der Waals surface area contributed by atoms with Crippen LogP contribution in [0.3, 0.4) is 0 Å². The SMILES string of the molecule is c1ccc(-c2ccc(N(c3ccc(-c4ccccc4)cc3)c3ccc4sc5cc6nc(-c7ccc8ccccc8c7)sc6cc5c4c3)cc2)cc1. The lowest BCUT2D eigenvalue weighted by molar-refractivity contribution is 1.29. The van der Waals surface area contributed by atoms with E-state index in [2.05, 4.69) is 187 Å². The fourth-order valence-corrected chi connectivity index (χ4v) is 9.17. The van der Waals surface area contributed by atoms with E-state index in [9.17, 15) is 0 Å². The van der Waals surface area contributed by atoms with E-state index in [1.54, 1.807) is 11.3 Å². The molecule has 240 valence electrons. The first-order chi connectivity index (χ1) is 25.2. The van der Waals surface area contributed by atoms with Gasteiger partial charge in [-0.1, -0.05) is 121 Å². The average molecular weight is 687 g/mol. The minimum atomic E-state index is 1.06. The zero-order chi connectivity index (χ0) is 33.7. The van der Waals surface area contributed by atoms with Gasteiger partial charge in [-0.15, -0.1) is 22.7 Å². The molecule has 8 aromatic carbocycles. The number of anilines is 3. The highest BCUT2D eigenvalue weighted by Gasteiger charge is 2.17. The summed E-state index contributed by atoms with van der Waals surface area (Å²) in [7, 11) is 0. The number of nitrogens with zero attached hydrogens (tertiary/aromatic N) is 2. The van der Waals surface area contributed by atoms with Gasteiger partial charge in [-0.05, 0) is 93.7 Å². The van der Waals surface area contributed by atoms with Gasteiger partial charge >= 0.3 is 0 Å². The fraction of sp³-hybridized carbons (Fsp3) is 0. The minimum absolute atomic E-state index is 1.06. The monoisotopic (exact) mass is 686 g/mol. The Kier molecular flexibility index (Phi) is 7.23. The Morgan fingerprint density at radius 3 is 1.57 bits per heavy atom. The van der Waals surface area contributed by atoms with Crippen molar-refractivity contribution in [2.45, 2.75) is 0 Å². The summed E-state index contributed by atoms with van der Waals surface area (Å²) in [4.78, 5) is 7.48. The summed E-state index contributed by atoms with van der Waals surface area (Å²) in [6, 6.07) is 65.7. The highest BCUT2D eigenvalue weighted by molar-refractivity contribution is 7.26. The molecule has 10 rings (SSSR count). The van der Waals surface area contributed by atoms with Crippen LogP contribution in [0.25, 0.3) is 74.0 Å². The van der Waals surface area contributed by atoms with Crippen molar-refractivity contribution >= 4 is 80.9 Å². The van der Waals surface area contributed by atoms with E-state index >= 15 is 0 Å². The van der Waals surface area contributed by atoms with Gasteiger partial charge in [-0.2, -0.15) is 0 Å². The number of rotatable bonds is 6. The van der Waals surface area contributed by atoms with E-state index in [1.807, 2.05) is 11.3 Å². The van der Waals surface area contributed by atoms with Crippen LogP contribution < -0.4 is 4.90 Å². The number of thiophene rings is 1. The van der Waals surface area contributed by atoms with Crippen LogP contribution in [0.2, 0.25) is 0 Å². The fourth-order valence-electron chi connectivity index (χ4n) is 7.08. The molecule has 2 aromatic heterocycles. The molecule has 2 nitrogen and oxygen atoms in total. The third-order valence-corrected chi connectivity index (χ3v) is 11.9. The van der Waals surface area contributed by atoms with Crippen LogP contribution >= 0.6 is 22.7 Å². The van der Waals surface area contributed by atoms with Crippen molar-refractivity contribution in [1.82, 2.24) is 4.98 Å². The highest BCUT2D eigenvalue weighted by Crippen LogP contribution is 2.43. The molecule has 0 bridgehead atoms. The van der Waals surface area contributed by atoms with Gasteiger partial charge in [-0.3, -0.25) is 0 Å². The molecule has 0 aliphatic heterocycles. The molecule has 0 amide bonds. The van der Waals surface area contributed by atoms with Crippen LogP contribution in [0.1, 0.15) is 0 Å². The molecular weight excluding hydrogens is 657 g/mol. The quantitative estimate of drug-likeness (QED) is 0.173. The summed E-state index contributed by atoms with van der Waals surface area (Å²) in [5.41, 5.74) is 10.4. The number of fused-ring (bicyclic) bond motifs is 5. The van der Waals surface area contributed by atoms with Crippen LogP contribution in [-0.4, -0.2) is 4.98 Å². The summed E-state index contributed by atoms with van der Waals surface area (Å²) in [6.45, 7) is 0. The Balaban J connectivity index is 1.08. The predicted molar refractivity (Wildman–Crippen MR) is 221 cm³/mol. The van der Waals surface area contributed by atoms with E-state index in [0.29, 0.717) is 0 Å². The standard InChI is InChI=1S/C47H30N2S2/c1-3-9-31(10-4-1)34-17-21-38(22-18-34)49(39-23-19-35(20-24-39)32-11-5-2-6-12-32)40-25-26-44-41(28-40)42-29-46-43(30-45(42)50-44)48-47(51-46)37-16-15-33-13-7-8-14-36(33)27-37/h1-30H. The van der Waals surface area contributed by atoms with Gasteiger partial charge in [0.15, 0.2) is 0 Å². The Morgan fingerprint density at radius 1 is 0.353 bits per heavy atom. The van der Waals surface area contributed by atoms with Gasteiger partial charge in [0.2, 0.25) is 0 Å². The van der Waals surface area contributed by atoms with E-state index in [4.69, 9.17) is 4.98 Å². The lowest BCUT2D eigenvalue weighted by atomic mass is 10.0. The van der Waals surface area contributed by atoms with Gasteiger partial charge in [0.05, 0.1) is 10.2 Å². The van der Waals surface area contributed by atoms with Gasteiger partial charge in [0, 0.05) is 42.8 Å². The molecule has 0 aliphatic carbocycles. The first kappa shape index (κ1) is 29.8. The molecule has 51 heavy (non-hydrogen) atoms. The number of thiazole rings is 1. The summed E-state index contributed by atoms with van der Waals surface area (Å²) in [6.07, 6.45) is 0. The van der Waals surface area contributed by atoms with Crippen LogP contribution in [0.5, 0.6) is 0 Å². The van der Waals surface area contributed by atoms with E-state index < -0.39 is 0 Å². The molecule has 0 aliphatic rings. The zero-order valence-corrected chi connectivity index (χ0v) is 29.2. The van der Waals surface area contributed by atoms with Gasteiger partial charge in [0.25, 0.3) is 0 Å². The molecule has 10 aromatic rings. The van der Waals surface area contributed by atoms with Crippen molar-refractivity contribution in [2.75, 3.05) is 4.90 Å². The smallest absolute Gasteiger partial charge is 0.124 e. The van der Waals surface area contributed by atoms with E-state index in [0.717, 1.165) is 33.1 Å². The van der Waals surface area contributed by atoms with E-state index in [1.165, 1.54) is 57.9 Å². The van der Waals surface area contributed by atoms with Crippen molar-refractivity contribution in [2.24, 2.45) is 0 Å². The first-order valence-corrected chi connectivity index (χ1v) is 18.7. The number of hydrogen-bond donors (Lipinski definition) is 0. The summed E-state index contributed by atoms with van der Waals surface area (Å²) in [5.74, 6) is 0. The molecule has 4 heteroatoms. The molecule has 0 N–H and O–H groups in total. The van der Waals surface area contributed by atoms with Crippen molar-refractivity contribution in [3.63, 3.8) is 0 Å². The third-order valence-electron chi connectivity index (χ3n) is 9.68. The molecular formula is C47H30N2S2. The summed E-state index contributed by atoms with van der Waals surface area (Å²) >= 11 is 3.61. The summed E-state index contributed by atoms with van der Waals surface area (Å²) < 4.78 is 3.75.